The number of nitrogens with one attached hydrogen (secondary N) is 1. The molecule has 5 heteroatoms. The maximum Gasteiger partial charge on any atom is 0.356 e. The molecule has 0 radical (unpaired) electrons. The maximum atomic E-state index is 10.5. The number of rotatable bonds is 2. The van der Waals surface area contributed by atoms with Crippen LogP contribution in [0.25, 0.3) is 0 Å². The van der Waals surface area contributed by atoms with Crippen LogP contribution in [-0.2, 0) is 6.42 Å². The molecule has 1 heterocycles. The summed E-state index contributed by atoms with van der Waals surface area (Å²) in [6, 6.07) is 0. The van der Waals surface area contributed by atoms with Crippen LogP contribution in [0.3, 0.4) is 0 Å². The maximum absolute atomic E-state index is 10.5. The van der Waals surface area contributed by atoms with Crippen LogP contribution in [0.2, 0.25) is 0 Å². The van der Waals surface area contributed by atoms with Gasteiger partial charge in [0.1, 0.15) is 4.60 Å². The van der Waals surface area contributed by atoms with Crippen LogP contribution < -0.4 is 0 Å². The summed E-state index contributed by atoms with van der Waals surface area (Å²) in [4.78, 5) is 10.5. The third-order valence-electron chi connectivity index (χ3n) is 1.37. The van der Waals surface area contributed by atoms with Gasteiger partial charge >= 0.3 is 5.97 Å². The normalized spacial score (nSPS) is 10.0. The van der Waals surface area contributed by atoms with E-state index in [0.29, 0.717) is 16.6 Å². The Morgan fingerprint density at radius 1 is 1.82 bits per heavy atom. The molecule has 1 aromatic rings. The van der Waals surface area contributed by atoms with Crippen molar-refractivity contribution in [3.8, 4) is 0 Å². The SMILES string of the molecule is CCc1c(C(=O)O)n[nH]c1Br. The zero-order valence-electron chi connectivity index (χ0n) is 5.89. The zero-order chi connectivity index (χ0) is 8.43. The minimum Gasteiger partial charge on any atom is -0.476 e. The van der Waals surface area contributed by atoms with E-state index in [2.05, 4.69) is 26.1 Å². The molecule has 2 N–H and O–H groups in total. The Morgan fingerprint density at radius 3 is 2.82 bits per heavy atom. The van der Waals surface area contributed by atoms with Crippen molar-refractivity contribution < 1.29 is 9.90 Å². The molecular weight excluding hydrogens is 212 g/mol. The Bertz CT molecular complexity index is 282. The number of hydrogen-bond acceptors (Lipinski definition) is 2. The van der Waals surface area contributed by atoms with E-state index in [1.807, 2.05) is 6.92 Å². The second kappa shape index (κ2) is 3.04. The van der Waals surface area contributed by atoms with Gasteiger partial charge in [-0.25, -0.2) is 4.79 Å². The largest absolute Gasteiger partial charge is 0.476 e. The molecule has 1 aromatic heterocycles. The summed E-state index contributed by atoms with van der Waals surface area (Å²) in [5.41, 5.74) is 0.803. The monoisotopic (exact) mass is 218 g/mol. The first-order chi connectivity index (χ1) is 5.16. The molecule has 0 saturated carbocycles. The topological polar surface area (TPSA) is 66.0 Å². The summed E-state index contributed by atoms with van der Waals surface area (Å²) in [6.07, 6.45) is 0.652. The Hall–Kier alpha value is -0.840. The van der Waals surface area contributed by atoms with Gasteiger partial charge in [0.15, 0.2) is 5.69 Å². The van der Waals surface area contributed by atoms with E-state index in [1.54, 1.807) is 0 Å². The van der Waals surface area contributed by atoms with E-state index in [4.69, 9.17) is 5.11 Å². The number of carboxylic acid groups (broad SMARTS) is 1. The third-order valence-corrected chi connectivity index (χ3v) is 2.03. The number of aromatic carboxylic acids is 1. The lowest BCUT2D eigenvalue weighted by atomic mass is 10.2. The highest BCUT2D eigenvalue weighted by molar-refractivity contribution is 9.10. The van der Waals surface area contributed by atoms with Crippen molar-refractivity contribution in [3.63, 3.8) is 0 Å². The van der Waals surface area contributed by atoms with Crippen LogP contribution in [0.1, 0.15) is 23.0 Å². The second-order valence-electron chi connectivity index (χ2n) is 2.02. The van der Waals surface area contributed by atoms with Crippen molar-refractivity contribution in [1.29, 1.82) is 0 Å². The summed E-state index contributed by atoms with van der Waals surface area (Å²) in [5, 5.41) is 14.8. The zero-order valence-corrected chi connectivity index (χ0v) is 7.47. The fourth-order valence-electron chi connectivity index (χ4n) is 0.843. The molecular formula is C6H7BrN2O2. The summed E-state index contributed by atoms with van der Waals surface area (Å²) >= 11 is 3.16. The Labute approximate surface area is 71.7 Å². The molecule has 0 aliphatic carbocycles. The van der Waals surface area contributed by atoms with Gasteiger partial charge in [0, 0.05) is 5.56 Å². The van der Waals surface area contributed by atoms with E-state index in [0.717, 1.165) is 0 Å². The molecule has 0 fully saturated rings. The standard InChI is InChI=1S/C6H7BrN2O2/c1-2-3-4(6(10)11)8-9-5(3)7/h2H2,1H3,(H,8,9)(H,10,11). The molecule has 0 aromatic carbocycles. The van der Waals surface area contributed by atoms with Gasteiger partial charge in [-0.15, -0.1) is 0 Å². The fourth-order valence-corrected chi connectivity index (χ4v) is 1.40. The van der Waals surface area contributed by atoms with Crippen molar-refractivity contribution in [2.24, 2.45) is 0 Å². The molecule has 0 atom stereocenters. The second-order valence-corrected chi connectivity index (χ2v) is 2.82. The minimum atomic E-state index is -0.996. The third kappa shape index (κ3) is 1.42. The van der Waals surface area contributed by atoms with Crippen molar-refractivity contribution in [2.75, 3.05) is 0 Å². The van der Waals surface area contributed by atoms with Crippen LogP contribution in [0.5, 0.6) is 0 Å². The first kappa shape index (κ1) is 8.26. The number of aromatic nitrogens is 2. The van der Waals surface area contributed by atoms with Gasteiger partial charge in [0.2, 0.25) is 0 Å². The molecule has 60 valence electrons. The molecule has 0 saturated heterocycles. The number of carbonyl (C=O) groups is 1. The van der Waals surface area contributed by atoms with E-state index < -0.39 is 5.97 Å². The molecule has 0 spiro atoms. The van der Waals surface area contributed by atoms with E-state index in [-0.39, 0.29) is 5.69 Å². The Morgan fingerprint density at radius 2 is 2.45 bits per heavy atom. The molecule has 1 rings (SSSR count). The summed E-state index contributed by atoms with van der Waals surface area (Å²) < 4.78 is 0.650. The first-order valence-corrected chi connectivity index (χ1v) is 3.92. The van der Waals surface area contributed by atoms with Crippen molar-refractivity contribution in [2.45, 2.75) is 13.3 Å². The molecule has 0 aliphatic heterocycles. The fraction of sp³-hybridized carbons (Fsp3) is 0.333. The van der Waals surface area contributed by atoms with E-state index >= 15 is 0 Å². The predicted molar refractivity (Wildman–Crippen MR) is 42.6 cm³/mol. The van der Waals surface area contributed by atoms with Crippen LogP contribution in [-0.4, -0.2) is 21.3 Å². The van der Waals surface area contributed by atoms with E-state index in [1.165, 1.54) is 0 Å². The molecule has 11 heavy (non-hydrogen) atoms. The van der Waals surface area contributed by atoms with Crippen LogP contribution in [0.4, 0.5) is 0 Å². The minimum absolute atomic E-state index is 0.0966. The molecule has 0 bridgehead atoms. The van der Waals surface area contributed by atoms with Gasteiger partial charge in [-0.2, -0.15) is 5.10 Å². The van der Waals surface area contributed by atoms with Crippen molar-refractivity contribution >= 4 is 21.9 Å². The summed E-state index contributed by atoms with van der Waals surface area (Å²) in [6.45, 7) is 1.88. The van der Waals surface area contributed by atoms with Crippen LogP contribution in [0, 0.1) is 0 Å². The average Bonchev–Trinajstić information content (AvgIpc) is 2.30. The lowest BCUT2D eigenvalue weighted by Crippen LogP contribution is -2.00. The number of halogens is 1. The first-order valence-electron chi connectivity index (χ1n) is 3.12. The Kier molecular flexibility index (Phi) is 2.28. The number of nitrogens with zero attached hydrogens (tertiary/aromatic N) is 1. The van der Waals surface area contributed by atoms with Gasteiger partial charge < -0.3 is 5.11 Å². The number of hydrogen-bond donors (Lipinski definition) is 2. The van der Waals surface area contributed by atoms with Gasteiger partial charge in [-0.1, -0.05) is 6.92 Å². The quantitative estimate of drug-likeness (QED) is 0.790. The highest BCUT2D eigenvalue weighted by Crippen LogP contribution is 2.17. The lowest BCUT2D eigenvalue weighted by Gasteiger charge is -1.91. The highest BCUT2D eigenvalue weighted by atomic mass is 79.9. The van der Waals surface area contributed by atoms with Gasteiger partial charge in [0.25, 0.3) is 0 Å². The molecule has 4 nitrogen and oxygen atoms in total. The van der Waals surface area contributed by atoms with Crippen LogP contribution >= 0.6 is 15.9 Å². The summed E-state index contributed by atoms with van der Waals surface area (Å²) in [5.74, 6) is -0.996. The van der Waals surface area contributed by atoms with Crippen LogP contribution in [0.15, 0.2) is 4.60 Å². The van der Waals surface area contributed by atoms with Gasteiger partial charge in [-0.05, 0) is 22.4 Å². The predicted octanol–water partition coefficient (Wildman–Crippen LogP) is 1.43. The van der Waals surface area contributed by atoms with Gasteiger partial charge in [0.05, 0.1) is 0 Å². The number of aromatic amines is 1. The molecule has 0 aliphatic rings. The average molecular weight is 219 g/mol. The summed E-state index contributed by atoms with van der Waals surface area (Å²) in [7, 11) is 0. The number of carboxylic acids is 1. The highest BCUT2D eigenvalue weighted by Gasteiger charge is 2.14. The lowest BCUT2D eigenvalue weighted by molar-refractivity contribution is 0.0689. The van der Waals surface area contributed by atoms with Crippen molar-refractivity contribution in [3.05, 3.63) is 15.9 Å². The van der Waals surface area contributed by atoms with Gasteiger partial charge in [-0.3, -0.25) is 5.10 Å². The molecule has 0 unspecified atom stereocenters. The van der Waals surface area contributed by atoms with Crippen molar-refractivity contribution in [1.82, 2.24) is 10.2 Å². The smallest absolute Gasteiger partial charge is 0.356 e. The molecule has 0 amide bonds. The number of H-pyrrole nitrogens is 1. The Balaban J connectivity index is 3.15. The van der Waals surface area contributed by atoms with E-state index in [9.17, 15) is 4.79 Å².